The molecule has 1 aliphatic rings. The second kappa shape index (κ2) is 8.81. The molecule has 1 fully saturated rings. The summed E-state index contributed by atoms with van der Waals surface area (Å²) in [5, 5.41) is 17.0. The summed E-state index contributed by atoms with van der Waals surface area (Å²) in [7, 11) is 0. The van der Waals surface area contributed by atoms with Gasteiger partial charge < -0.3 is 19.4 Å². The van der Waals surface area contributed by atoms with E-state index in [1.165, 1.54) is 6.07 Å². The molecule has 0 spiro atoms. The first kappa shape index (κ1) is 20.4. The fraction of sp³-hybridized carbons (Fsp3) is 0.579. The molecule has 28 heavy (non-hydrogen) atoms. The van der Waals surface area contributed by atoms with Crippen molar-refractivity contribution in [3.05, 3.63) is 39.5 Å². The average Bonchev–Trinajstić information content (AvgIpc) is 3.07. The predicted molar refractivity (Wildman–Crippen MR) is 105 cm³/mol. The van der Waals surface area contributed by atoms with Gasteiger partial charge in [-0.2, -0.15) is 16.7 Å². The van der Waals surface area contributed by atoms with Crippen molar-refractivity contribution in [3.8, 4) is 5.75 Å². The van der Waals surface area contributed by atoms with E-state index >= 15 is 0 Å². The number of hydrogen-bond donors (Lipinski definition) is 2. The first-order valence-corrected chi connectivity index (χ1v) is 10.5. The van der Waals surface area contributed by atoms with E-state index in [1.54, 1.807) is 25.6 Å². The summed E-state index contributed by atoms with van der Waals surface area (Å²) in [6.45, 7) is 3.92. The zero-order valence-corrected chi connectivity index (χ0v) is 16.9. The van der Waals surface area contributed by atoms with Crippen LogP contribution >= 0.6 is 11.8 Å². The maximum Gasteiger partial charge on any atom is 0.227 e. The number of carbonyl (C=O) groups excluding carboxylic acids is 1. The SMILES string of the molecule is Cc1noc(CCCNC(=O)CC2(c3oc(C)cc(=O)c3O)CCSCC2)n1. The van der Waals surface area contributed by atoms with Crippen LogP contribution in [-0.4, -0.2) is 39.2 Å². The highest BCUT2D eigenvalue weighted by Gasteiger charge is 2.41. The van der Waals surface area contributed by atoms with E-state index < -0.39 is 10.8 Å². The highest BCUT2D eigenvalue weighted by atomic mass is 32.2. The molecule has 2 aromatic rings. The zero-order valence-electron chi connectivity index (χ0n) is 16.1. The highest BCUT2D eigenvalue weighted by Crippen LogP contribution is 2.43. The number of aromatic hydroxyl groups is 1. The number of rotatable bonds is 7. The Labute approximate surface area is 167 Å². The van der Waals surface area contributed by atoms with Crippen LogP contribution in [0.5, 0.6) is 5.75 Å². The van der Waals surface area contributed by atoms with E-state index in [9.17, 15) is 14.7 Å². The summed E-state index contributed by atoms with van der Waals surface area (Å²) in [4.78, 5) is 28.8. The molecule has 0 saturated carbocycles. The number of thioether (sulfide) groups is 1. The Morgan fingerprint density at radius 3 is 2.79 bits per heavy atom. The van der Waals surface area contributed by atoms with Gasteiger partial charge in [-0.05, 0) is 44.6 Å². The Morgan fingerprint density at radius 2 is 2.11 bits per heavy atom. The molecule has 0 radical (unpaired) electrons. The first-order chi connectivity index (χ1) is 13.4. The van der Waals surface area contributed by atoms with Gasteiger partial charge in [0.1, 0.15) is 5.76 Å². The third kappa shape index (κ3) is 4.76. The van der Waals surface area contributed by atoms with Crippen LogP contribution in [0, 0.1) is 13.8 Å². The maximum absolute atomic E-state index is 12.6. The van der Waals surface area contributed by atoms with Gasteiger partial charge in [0.25, 0.3) is 0 Å². The van der Waals surface area contributed by atoms with Crippen LogP contribution in [0.1, 0.15) is 48.9 Å². The lowest BCUT2D eigenvalue weighted by Crippen LogP contribution is -2.38. The summed E-state index contributed by atoms with van der Waals surface area (Å²) >= 11 is 1.80. The van der Waals surface area contributed by atoms with Crippen LogP contribution in [0.2, 0.25) is 0 Å². The minimum absolute atomic E-state index is 0.128. The van der Waals surface area contributed by atoms with Gasteiger partial charge in [-0.25, -0.2) is 0 Å². The molecular weight excluding hydrogens is 382 g/mol. The first-order valence-electron chi connectivity index (χ1n) is 9.37. The van der Waals surface area contributed by atoms with Crippen molar-refractivity contribution in [1.29, 1.82) is 0 Å². The maximum atomic E-state index is 12.6. The van der Waals surface area contributed by atoms with Gasteiger partial charge >= 0.3 is 0 Å². The summed E-state index contributed by atoms with van der Waals surface area (Å²) in [5.41, 5.74) is -1.12. The van der Waals surface area contributed by atoms with Crippen molar-refractivity contribution in [2.45, 2.75) is 51.4 Å². The summed E-state index contributed by atoms with van der Waals surface area (Å²) in [6.07, 6.45) is 2.79. The fourth-order valence-electron chi connectivity index (χ4n) is 3.49. The third-order valence-electron chi connectivity index (χ3n) is 4.94. The molecule has 8 nitrogen and oxygen atoms in total. The lowest BCUT2D eigenvalue weighted by atomic mass is 9.75. The van der Waals surface area contributed by atoms with Crippen LogP contribution in [-0.2, 0) is 16.6 Å². The normalized spacial score (nSPS) is 16.1. The van der Waals surface area contributed by atoms with Crippen molar-refractivity contribution in [3.63, 3.8) is 0 Å². The van der Waals surface area contributed by atoms with Crippen LogP contribution in [0.15, 0.2) is 19.8 Å². The lowest BCUT2D eigenvalue weighted by molar-refractivity contribution is -0.122. The van der Waals surface area contributed by atoms with E-state index in [0.717, 1.165) is 11.5 Å². The summed E-state index contributed by atoms with van der Waals surface area (Å²) in [6, 6.07) is 1.27. The smallest absolute Gasteiger partial charge is 0.227 e. The molecule has 1 saturated heterocycles. The minimum Gasteiger partial charge on any atom is -0.502 e. The van der Waals surface area contributed by atoms with Gasteiger partial charge in [-0.3, -0.25) is 9.59 Å². The Morgan fingerprint density at radius 1 is 1.36 bits per heavy atom. The van der Waals surface area contributed by atoms with Gasteiger partial charge in [0.15, 0.2) is 11.6 Å². The second-order valence-electron chi connectivity index (χ2n) is 7.16. The second-order valence-corrected chi connectivity index (χ2v) is 8.38. The number of hydrogen-bond acceptors (Lipinski definition) is 8. The number of carbonyl (C=O) groups is 1. The van der Waals surface area contributed by atoms with Crippen molar-refractivity contribution in [2.24, 2.45) is 0 Å². The Bertz CT molecular complexity index is 886. The molecule has 152 valence electrons. The zero-order chi connectivity index (χ0) is 20.1. The Hall–Kier alpha value is -2.29. The van der Waals surface area contributed by atoms with Gasteiger partial charge in [0.05, 0.1) is 0 Å². The molecule has 9 heteroatoms. The van der Waals surface area contributed by atoms with Crippen molar-refractivity contribution in [1.82, 2.24) is 15.5 Å². The molecular formula is C19H25N3O5S. The molecule has 1 aliphatic heterocycles. The Balaban J connectivity index is 1.65. The van der Waals surface area contributed by atoms with E-state index in [1.807, 2.05) is 0 Å². The van der Waals surface area contributed by atoms with Crippen molar-refractivity contribution in [2.75, 3.05) is 18.1 Å². The highest BCUT2D eigenvalue weighted by molar-refractivity contribution is 7.99. The molecule has 0 bridgehead atoms. The minimum atomic E-state index is -0.659. The van der Waals surface area contributed by atoms with Crippen LogP contribution in [0.25, 0.3) is 0 Å². The number of aryl methyl sites for hydroxylation is 3. The summed E-state index contributed by atoms with van der Waals surface area (Å²) < 4.78 is 10.8. The number of nitrogens with zero attached hydrogens (tertiary/aromatic N) is 2. The Kier molecular flexibility index (Phi) is 6.43. The molecule has 0 unspecified atom stereocenters. The summed E-state index contributed by atoms with van der Waals surface area (Å²) in [5.74, 6) is 3.02. The standard InChI is InChI=1S/C19H25N3O5S/c1-12-10-14(23)17(25)18(26-12)19(5-8-28-9-6-19)11-15(24)20-7-3-4-16-21-13(2)22-27-16/h10,25H,3-9,11H2,1-2H3,(H,20,24). The van der Waals surface area contributed by atoms with Crippen molar-refractivity contribution < 1.29 is 18.8 Å². The third-order valence-corrected chi connectivity index (χ3v) is 5.92. The lowest BCUT2D eigenvalue weighted by Gasteiger charge is -2.35. The molecule has 1 amide bonds. The van der Waals surface area contributed by atoms with Crippen LogP contribution < -0.4 is 10.7 Å². The monoisotopic (exact) mass is 407 g/mol. The van der Waals surface area contributed by atoms with Gasteiger partial charge in [-0.15, -0.1) is 0 Å². The number of aromatic nitrogens is 2. The molecule has 3 rings (SSSR count). The van der Waals surface area contributed by atoms with E-state index in [4.69, 9.17) is 8.94 Å². The van der Waals surface area contributed by atoms with Crippen LogP contribution in [0.4, 0.5) is 0 Å². The van der Waals surface area contributed by atoms with Gasteiger partial charge in [-0.1, -0.05) is 5.16 Å². The topological polar surface area (TPSA) is 118 Å². The number of amides is 1. The predicted octanol–water partition coefficient (Wildman–Crippen LogP) is 2.25. The van der Waals surface area contributed by atoms with E-state index in [2.05, 4.69) is 15.5 Å². The van der Waals surface area contributed by atoms with Crippen molar-refractivity contribution >= 4 is 17.7 Å². The van der Waals surface area contributed by atoms with Crippen LogP contribution in [0.3, 0.4) is 0 Å². The molecule has 3 heterocycles. The van der Waals surface area contributed by atoms with E-state index in [0.29, 0.717) is 49.7 Å². The number of nitrogens with one attached hydrogen (secondary N) is 1. The fourth-order valence-corrected chi connectivity index (χ4v) is 4.76. The molecule has 0 aliphatic carbocycles. The van der Waals surface area contributed by atoms with Gasteiger partial charge in [0.2, 0.25) is 23.0 Å². The largest absolute Gasteiger partial charge is 0.502 e. The molecule has 0 atom stereocenters. The molecule has 2 N–H and O–H groups in total. The quantitative estimate of drug-likeness (QED) is 0.671. The molecule has 2 aromatic heterocycles. The van der Waals surface area contributed by atoms with E-state index in [-0.39, 0.29) is 23.8 Å². The molecule has 0 aromatic carbocycles. The van der Waals surface area contributed by atoms with Gasteiger partial charge in [0, 0.05) is 30.9 Å². The average molecular weight is 407 g/mol.